The third-order valence-corrected chi connectivity index (χ3v) is 2.74. The van der Waals surface area contributed by atoms with Crippen LogP contribution in [0.4, 0.5) is 0 Å². The number of ether oxygens (including phenoxy) is 1. The van der Waals surface area contributed by atoms with Crippen molar-refractivity contribution in [2.45, 2.75) is 32.7 Å². The van der Waals surface area contributed by atoms with Crippen LogP contribution in [0.5, 0.6) is 5.75 Å². The molecule has 0 radical (unpaired) electrons. The van der Waals surface area contributed by atoms with Crippen LogP contribution in [0.25, 0.3) is 0 Å². The number of para-hydroxylation sites is 1. The second-order valence-electron chi connectivity index (χ2n) is 4.36. The topological polar surface area (TPSA) is 21.3 Å². The van der Waals surface area contributed by atoms with Crippen molar-refractivity contribution < 1.29 is 4.74 Å². The molecular formula is C13H19NO. The third kappa shape index (κ3) is 2.51. The molecule has 82 valence electrons. The molecular weight excluding hydrogens is 186 g/mol. The summed E-state index contributed by atoms with van der Waals surface area (Å²) in [5.74, 6) is 1.14. The molecule has 0 spiro atoms. The maximum absolute atomic E-state index is 5.66. The minimum Gasteiger partial charge on any atom is -0.493 e. The van der Waals surface area contributed by atoms with E-state index in [4.69, 9.17) is 4.74 Å². The predicted molar refractivity (Wildman–Crippen MR) is 62.5 cm³/mol. The second kappa shape index (κ2) is 4.67. The Kier molecular flexibility index (Phi) is 3.27. The third-order valence-electron chi connectivity index (χ3n) is 2.74. The summed E-state index contributed by atoms with van der Waals surface area (Å²) in [5, 5.41) is 3.43. The lowest BCUT2D eigenvalue weighted by Crippen LogP contribution is -2.25. The summed E-state index contributed by atoms with van der Waals surface area (Å²) in [6.07, 6.45) is 2.13. The van der Waals surface area contributed by atoms with Crippen LogP contribution in [0.1, 0.15) is 25.0 Å². The molecule has 1 aliphatic heterocycles. The number of fused-ring (bicyclic) bond motifs is 1. The Hall–Kier alpha value is -1.02. The molecule has 1 heterocycles. The van der Waals surface area contributed by atoms with Gasteiger partial charge in [0.25, 0.3) is 0 Å². The first-order chi connectivity index (χ1) is 7.27. The van der Waals surface area contributed by atoms with Crippen LogP contribution in [0.2, 0.25) is 0 Å². The first kappa shape index (κ1) is 10.5. The van der Waals surface area contributed by atoms with E-state index in [1.54, 1.807) is 0 Å². The predicted octanol–water partition coefficient (Wildman–Crippen LogP) is 2.16. The van der Waals surface area contributed by atoms with Gasteiger partial charge in [-0.05, 0) is 24.1 Å². The fourth-order valence-corrected chi connectivity index (χ4v) is 1.98. The molecule has 0 fully saturated rings. The first-order valence-electron chi connectivity index (χ1n) is 5.74. The molecule has 0 amide bonds. The van der Waals surface area contributed by atoms with Crippen molar-refractivity contribution in [3.63, 3.8) is 0 Å². The SMILES string of the molecule is CC(C)NCCc1cccc2c1OCC2. The van der Waals surface area contributed by atoms with Crippen LogP contribution in [-0.4, -0.2) is 19.2 Å². The fourth-order valence-electron chi connectivity index (χ4n) is 1.98. The number of hydrogen-bond donors (Lipinski definition) is 1. The van der Waals surface area contributed by atoms with E-state index in [1.165, 1.54) is 11.1 Å². The summed E-state index contributed by atoms with van der Waals surface area (Å²) in [5.41, 5.74) is 2.72. The molecule has 2 heteroatoms. The zero-order chi connectivity index (χ0) is 10.7. The van der Waals surface area contributed by atoms with E-state index in [2.05, 4.69) is 37.4 Å². The van der Waals surface area contributed by atoms with Crippen molar-refractivity contribution >= 4 is 0 Å². The number of rotatable bonds is 4. The Balaban J connectivity index is 2.00. The van der Waals surface area contributed by atoms with E-state index < -0.39 is 0 Å². The molecule has 0 unspecified atom stereocenters. The van der Waals surface area contributed by atoms with Gasteiger partial charge in [-0.15, -0.1) is 0 Å². The van der Waals surface area contributed by atoms with Gasteiger partial charge in [0.15, 0.2) is 0 Å². The summed E-state index contributed by atoms with van der Waals surface area (Å²) in [6, 6.07) is 7.04. The molecule has 1 N–H and O–H groups in total. The van der Waals surface area contributed by atoms with Crippen LogP contribution in [0, 0.1) is 0 Å². The average molecular weight is 205 g/mol. The normalized spacial score (nSPS) is 14.1. The number of hydrogen-bond acceptors (Lipinski definition) is 2. The van der Waals surface area contributed by atoms with E-state index in [9.17, 15) is 0 Å². The molecule has 2 nitrogen and oxygen atoms in total. The molecule has 0 bridgehead atoms. The number of benzene rings is 1. The Morgan fingerprint density at radius 3 is 3.07 bits per heavy atom. The average Bonchev–Trinajstić information content (AvgIpc) is 2.65. The summed E-state index contributed by atoms with van der Waals surface area (Å²) < 4.78 is 5.66. The highest BCUT2D eigenvalue weighted by Gasteiger charge is 2.15. The van der Waals surface area contributed by atoms with Crippen molar-refractivity contribution in [1.82, 2.24) is 5.32 Å². The smallest absolute Gasteiger partial charge is 0.125 e. The minimum absolute atomic E-state index is 0.558. The van der Waals surface area contributed by atoms with E-state index in [0.717, 1.165) is 31.7 Å². The van der Waals surface area contributed by atoms with Crippen LogP contribution in [0.15, 0.2) is 18.2 Å². The standard InChI is InChI=1S/C13H19NO/c1-10(2)14-8-6-11-4-3-5-12-7-9-15-13(11)12/h3-5,10,14H,6-9H2,1-2H3. The van der Waals surface area contributed by atoms with Gasteiger partial charge in [-0.25, -0.2) is 0 Å². The van der Waals surface area contributed by atoms with Crippen LogP contribution < -0.4 is 10.1 Å². The molecule has 1 aliphatic rings. The molecule has 0 aromatic heterocycles. The Bertz CT molecular complexity index is 333. The monoisotopic (exact) mass is 205 g/mol. The fraction of sp³-hybridized carbons (Fsp3) is 0.538. The zero-order valence-corrected chi connectivity index (χ0v) is 9.55. The highest BCUT2D eigenvalue weighted by Crippen LogP contribution is 2.29. The highest BCUT2D eigenvalue weighted by atomic mass is 16.5. The lowest BCUT2D eigenvalue weighted by molar-refractivity contribution is 0.353. The Morgan fingerprint density at radius 2 is 2.27 bits per heavy atom. The van der Waals surface area contributed by atoms with E-state index in [-0.39, 0.29) is 0 Å². The molecule has 0 saturated heterocycles. The summed E-state index contributed by atoms with van der Waals surface area (Å²) in [6.45, 7) is 6.22. The molecule has 0 atom stereocenters. The quantitative estimate of drug-likeness (QED) is 0.813. The van der Waals surface area contributed by atoms with Crippen molar-refractivity contribution in [2.24, 2.45) is 0 Å². The summed E-state index contributed by atoms with van der Waals surface area (Å²) >= 11 is 0. The molecule has 1 aromatic rings. The van der Waals surface area contributed by atoms with Crippen LogP contribution in [0.3, 0.4) is 0 Å². The lowest BCUT2D eigenvalue weighted by atomic mass is 10.1. The van der Waals surface area contributed by atoms with Crippen LogP contribution >= 0.6 is 0 Å². The van der Waals surface area contributed by atoms with Gasteiger partial charge >= 0.3 is 0 Å². The maximum Gasteiger partial charge on any atom is 0.125 e. The maximum atomic E-state index is 5.66. The number of nitrogens with one attached hydrogen (secondary N) is 1. The minimum atomic E-state index is 0.558. The van der Waals surface area contributed by atoms with E-state index in [1.807, 2.05) is 0 Å². The Morgan fingerprint density at radius 1 is 1.40 bits per heavy atom. The molecule has 0 aliphatic carbocycles. The zero-order valence-electron chi connectivity index (χ0n) is 9.55. The van der Waals surface area contributed by atoms with Gasteiger partial charge in [-0.3, -0.25) is 0 Å². The van der Waals surface area contributed by atoms with Gasteiger partial charge in [-0.2, -0.15) is 0 Å². The first-order valence-corrected chi connectivity index (χ1v) is 5.74. The van der Waals surface area contributed by atoms with E-state index >= 15 is 0 Å². The van der Waals surface area contributed by atoms with Gasteiger partial charge in [0.05, 0.1) is 6.61 Å². The van der Waals surface area contributed by atoms with Crippen molar-refractivity contribution in [3.05, 3.63) is 29.3 Å². The summed E-state index contributed by atoms with van der Waals surface area (Å²) in [7, 11) is 0. The van der Waals surface area contributed by atoms with Gasteiger partial charge in [0.1, 0.15) is 5.75 Å². The van der Waals surface area contributed by atoms with Crippen molar-refractivity contribution in [1.29, 1.82) is 0 Å². The van der Waals surface area contributed by atoms with Crippen molar-refractivity contribution in [3.8, 4) is 5.75 Å². The van der Waals surface area contributed by atoms with Gasteiger partial charge in [0.2, 0.25) is 0 Å². The van der Waals surface area contributed by atoms with Crippen molar-refractivity contribution in [2.75, 3.05) is 13.2 Å². The molecule has 1 aromatic carbocycles. The molecule has 2 rings (SSSR count). The lowest BCUT2D eigenvalue weighted by Gasteiger charge is -2.10. The highest BCUT2D eigenvalue weighted by molar-refractivity contribution is 5.44. The van der Waals surface area contributed by atoms with Gasteiger partial charge in [0, 0.05) is 12.5 Å². The van der Waals surface area contributed by atoms with Crippen LogP contribution in [-0.2, 0) is 12.8 Å². The largest absolute Gasteiger partial charge is 0.493 e. The van der Waals surface area contributed by atoms with Gasteiger partial charge in [-0.1, -0.05) is 32.0 Å². The Labute approximate surface area is 91.6 Å². The molecule has 0 saturated carbocycles. The summed E-state index contributed by atoms with van der Waals surface area (Å²) in [4.78, 5) is 0. The van der Waals surface area contributed by atoms with Gasteiger partial charge < -0.3 is 10.1 Å². The second-order valence-corrected chi connectivity index (χ2v) is 4.36. The van der Waals surface area contributed by atoms with E-state index in [0.29, 0.717) is 6.04 Å². The molecule has 15 heavy (non-hydrogen) atoms.